The van der Waals surface area contributed by atoms with E-state index in [1.165, 1.54) is 0 Å². The highest BCUT2D eigenvalue weighted by atomic mass is 32.2. The van der Waals surface area contributed by atoms with Gasteiger partial charge in [-0.3, -0.25) is 0 Å². The first-order chi connectivity index (χ1) is 7.70. The summed E-state index contributed by atoms with van der Waals surface area (Å²) in [5.41, 5.74) is -3.08. The number of hydrogen-bond acceptors (Lipinski definition) is 1. The van der Waals surface area contributed by atoms with Crippen molar-refractivity contribution < 1.29 is 13.2 Å². The van der Waals surface area contributed by atoms with Gasteiger partial charge in [0, 0.05) is 4.75 Å². The lowest BCUT2D eigenvalue weighted by molar-refractivity contribution is -0.0341. The summed E-state index contributed by atoms with van der Waals surface area (Å²) in [4.78, 5) is 0. The van der Waals surface area contributed by atoms with Crippen molar-refractivity contribution >= 4 is 11.8 Å². The molecule has 1 aromatic rings. The molecule has 0 radical (unpaired) electrons. The van der Waals surface area contributed by atoms with E-state index < -0.39 is 10.3 Å². The summed E-state index contributed by atoms with van der Waals surface area (Å²) < 4.78 is 36.3. The first kappa shape index (κ1) is 14.4. The Kier molecular flexibility index (Phi) is 4.53. The van der Waals surface area contributed by atoms with Gasteiger partial charge in [-0.05, 0) is 29.7 Å². The molecule has 1 rings (SSSR count). The summed E-state index contributed by atoms with van der Waals surface area (Å²) in [6, 6.07) is 9.65. The zero-order valence-corrected chi connectivity index (χ0v) is 11.0. The topological polar surface area (TPSA) is 0 Å². The van der Waals surface area contributed by atoms with Crippen molar-refractivity contribution in [3.05, 3.63) is 35.9 Å². The van der Waals surface area contributed by atoms with Crippen LogP contribution >= 0.6 is 11.8 Å². The third-order valence-electron chi connectivity index (χ3n) is 2.56. The Labute approximate surface area is 105 Å². The average Bonchev–Trinajstić information content (AvgIpc) is 2.14. The third-order valence-corrected chi connectivity index (χ3v) is 3.51. The second-order valence-electron chi connectivity index (χ2n) is 4.82. The number of rotatable bonds is 4. The minimum atomic E-state index is -4.17. The van der Waals surface area contributed by atoms with E-state index >= 15 is 0 Å². The van der Waals surface area contributed by atoms with Gasteiger partial charge in [-0.2, -0.15) is 13.2 Å². The molecule has 4 heteroatoms. The molecule has 17 heavy (non-hydrogen) atoms. The van der Waals surface area contributed by atoms with Crippen LogP contribution in [0.25, 0.3) is 0 Å². The van der Waals surface area contributed by atoms with Gasteiger partial charge >= 0.3 is 5.51 Å². The fourth-order valence-electron chi connectivity index (χ4n) is 1.99. The summed E-state index contributed by atoms with van der Waals surface area (Å²) in [6.45, 7) is 5.25. The molecule has 1 unspecified atom stereocenters. The van der Waals surface area contributed by atoms with E-state index in [1.54, 1.807) is 13.8 Å². The van der Waals surface area contributed by atoms with Crippen molar-refractivity contribution in [1.82, 2.24) is 0 Å². The highest BCUT2D eigenvalue weighted by molar-refractivity contribution is 8.01. The quantitative estimate of drug-likeness (QED) is 0.717. The van der Waals surface area contributed by atoms with Crippen LogP contribution in [0.4, 0.5) is 13.2 Å². The van der Waals surface area contributed by atoms with Crippen LogP contribution in [-0.4, -0.2) is 10.3 Å². The lowest BCUT2D eigenvalue weighted by atomic mass is 9.91. The van der Waals surface area contributed by atoms with Gasteiger partial charge < -0.3 is 0 Å². The molecule has 0 aliphatic heterocycles. The van der Waals surface area contributed by atoms with E-state index in [9.17, 15) is 13.2 Å². The molecule has 0 fully saturated rings. The van der Waals surface area contributed by atoms with Gasteiger partial charge in [0.25, 0.3) is 0 Å². The molecule has 0 aromatic heterocycles. The minimum absolute atomic E-state index is 0.0820. The third kappa shape index (κ3) is 5.48. The van der Waals surface area contributed by atoms with Gasteiger partial charge in [0.05, 0.1) is 0 Å². The van der Waals surface area contributed by atoms with E-state index in [1.807, 2.05) is 37.3 Å². The summed E-state index contributed by atoms with van der Waals surface area (Å²) in [5.74, 6) is 0.126. The van der Waals surface area contributed by atoms with Gasteiger partial charge in [-0.25, -0.2) is 0 Å². The molecular weight excluding hydrogens is 245 g/mol. The van der Waals surface area contributed by atoms with Crippen molar-refractivity contribution in [3.8, 4) is 0 Å². The number of alkyl halides is 3. The molecular formula is C13H17F3S. The van der Waals surface area contributed by atoms with Crippen LogP contribution in [0.1, 0.15) is 38.7 Å². The van der Waals surface area contributed by atoms with E-state index in [4.69, 9.17) is 0 Å². The minimum Gasteiger partial charge on any atom is -0.160 e. The largest absolute Gasteiger partial charge is 0.442 e. The molecule has 0 nitrogen and oxygen atoms in total. The SMILES string of the molecule is CC(CC(C)(C)SC(F)(F)F)c1ccccc1. The van der Waals surface area contributed by atoms with E-state index in [-0.39, 0.29) is 17.7 Å². The summed E-state index contributed by atoms with van der Waals surface area (Å²) in [6.07, 6.45) is 0.501. The van der Waals surface area contributed by atoms with E-state index in [0.29, 0.717) is 6.42 Å². The number of benzene rings is 1. The van der Waals surface area contributed by atoms with Crippen molar-refractivity contribution in [2.45, 2.75) is 43.4 Å². The van der Waals surface area contributed by atoms with Crippen molar-refractivity contribution in [2.75, 3.05) is 0 Å². The second-order valence-corrected chi connectivity index (χ2v) is 6.60. The standard InChI is InChI=1S/C13H17F3S/c1-10(11-7-5-4-6-8-11)9-12(2,3)17-13(14,15)16/h4-8,10H,9H2,1-3H3. The maximum atomic E-state index is 12.4. The maximum absolute atomic E-state index is 12.4. The lowest BCUT2D eigenvalue weighted by Crippen LogP contribution is -2.23. The molecule has 0 N–H and O–H groups in total. The van der Waals surface area contributed by atoms with Gasteiger partial charge in [0.1, 0.15) is 0 Å². The lowest BCUT2D eigenvalue weighted by Gasteiger charge is -2.28. The summed E-state index contributed by atoms with van der Waals surface area (Å²) in [7, 11) is 0. The Bertz CT molecular complexity index is 343. The van der Waals surface area contributed by atoms with Gasteiger partial charge in [-0.15, -0.1) is 0 Å². The van der Waals surface area contributed by atoms with E-state index in [0.717, 1.165) is 5.56 Å². The predicted molar refractivity (Wildman–Crippen MR) is 67.2 cm³/mol. The van der Waals surface area contributed by atoms with Crippen LogP contribution in [0.2, 0.25) is 0 Å². The molecule has 1 atom stereocenters. The number of halogens is 3. The fourth-order valence-corrected chi connectivity index (χ4v) is 2.95. The van der Waals surface area contributed by atoms with E-state index in [2.05, 4.69) is 0 Å². The second kappa shape index (κ2) is 5.34. The Morgan fingerprint density at radius 3 is 2.12 bits per heavy atom. The van der Waals surface area contributed by atoms with Crippen molar-refractivity contribution in [1.29, 1.82) is 0 Å². The smallest absolute Gasteiger partial charge is 0.160 e. The predicted octanol–water partition coefficient (Wildman–Crippen LogP) is 5.21. The summed E-state index contributed by atoms with van der Waals surface area (Å²) >= 11 is 0.0820. The van der Waals surface area contributed by atoms with Crippen molar-refractivity contribution in [3.63, 3.8) is 0 Å². The van der Waals surface area contributed by atoms with Gasteiger partial charge in [0.2, 0.25) is 0 Å². The Morgan fingerprint density at radius 2 is 1.65 bits per heavy atom. The average molecular weight is 262 g/mol. The van der Waals surface area contributed by atoms with Gasteiger partial charge in [-0.1, -0.05) is 51.1 Å². The van der Waals surface area contributed by atoms with Crippen LogP contribution in [0.3, 0.4) is 0 Å². The molecule has 0 heterocycles. The van der Waals surface area contributed by atoms with Crippen LogP contribution in [0.5, 0.6) is 0 Å². The molecule has 96 valence electrons. The first-order valence-corrected chi connectivity index (χ1v) is 6.33. The Hall–Kier alpha value is -0.640. The van der Waals surface area contributed by atoms with Crippen molar-refractivity contribution in [2.24, 2.45) is 0 Å². The maximum Gasteiger partial charge on any atom is 0.442 e. The Morgan fingerprint density at radius 1 is 1.12 bits per heavy atom. The Balaban J connectivity index is 2.65. The van der Waals surface area contributed by atoms with Crippen LogP contribution in [0.15, 0.2) is 30.3 Å². The highest BCUT2D eigenvalue weighted by Gasteiger charge is 2.38. The highest BCUT2D eigenvalue weighted by Crippen LogP contribution is 2.44. The molecule has 0 amide bonds. The first-order valence-electron chi connectivity index (χ1n) is 5.51. The molecule has 0 bridgehead atoms. The monoisotopic (exact) mass is 262 g/mol. The van der Waals surface area contributed by atoms with Crippen LogP contribution in [-0.2, 0) is 0 Å². The number of thioether (sulfide) groups is 1. The molecule has 0 aliphatic rings. The molecule has 0 aliphatic carbocycles. The normalized spacial score (nSPS) is 14.7. The van der Waals surface area contributed by atoms with Crippen LogP contribution < -0.4 is 0 Å². The molecule has 0 saturated carbocycles. The zero-order chi connectivity index (χ0) is 13.1. The summed E-state index contributed by atoms with van der Waals surface area (Å²) in [5, 5.41) is 0. The molecule has 1 aromatic carbocycles. The van der Waals surface area contributed by atoms with Gasteiger partial charge in [0.15, 0.2) is 0 Å². The zero-order valence-electron chi connectivity index (χ0n) is 10.2. The molecule has 0 saturated heterocycles. The molecule has 0 spiro atoms. The fraction of sp³-hybridized carbons (Fsp3) is 0.538. The number of hydrogen-bond donors (Lipinski definition) is 0. The van der Waals surface area contributed by atoms with Crippen LogP contribution in [0, 0.1) is 0 Å².